The summed E-state index contributed by atoms with van der Waals surface area (Å²) >= 11 is 6.20. The van der Waals surface area contributed by atoms with Crippen LogP contribution in [0, 0.1) is 12.8 Å². The van der Waals surface area contributed by atoms with Gasteiger partial charge in [-0.3, -0.25) is 4.79 Å². The average molecular weight is 411 g/mol. The molecular formula is C21H23ClN6O. The molecule has 1 N–H and O–H groups in total. The molecule has 2 aliphatic rings. The molecule has 0 saturated carbocycles. The number of hydrogen-bond acceptors (Lipinski definition) is 5. The van der Waals surface area contributed by atoms with Crippen LogP contribution in [0.1, 0.15) is 36.1 Å². The fourth-order valence-corrected chi connectivity index (χ4v) is 4.61. The first-order valence-electron chi connectivity index (χ1n) is 10.1. The minimum absolute atomic E-state index is 0.0372. The second-order valence-electron chi connectivity index (χ2n) is 7.92. The van der Waals surface area contributed by atoms with Crippen LogP contribution >= 0.6 is 11.6 Å². The predicted molar refractivity (Wildman–Crippen MR) is 113 cm³/mol. The third-order valence-corrected chi connectivity index (χ3v) is 6.36. The van der Waals surface area contributed by atoms with E-state index in [1.165, 1.54) is 5.56 Å². The number of aryl methyl sites for hydroxylation is 2. The molecular weight excluding hydrogens is 388 g/mol. The molecule has 1 saturated heterocycles. The van der Waals surface area contributed by atoms with E-state index in [0.717, 1.165) is 61.4 Å². The van der Waals surface area contributed by atoms with Crippen molar-refractivity contribution < 1.29 is 4.79 Å². The Labute approximate surface area is 174 Å². The van der Waals surface area contributed by atoms with Crippen molar-refractivity contribution in [2.75, 3.05) is 23.3 Å². The van der Waals surface area contributed by atoms with Crippen molar-refractivity contribution in [2.24, 2.45) is 5.92 Å². The number of hydrogen-bond donors (Lipinski definition) is 1. The van der Waals surface area contributed by atoms with Gasteiger partial charge in [-0.15, -0.1) is 0 Å². The van der Waals surface area contributed by atoms with Crippen LogP contribution in [-0.2, 0) is 17.6 Å². The molecule has 5 rings (SSSR count). The van der Waals surface area contributed by atoms with Crippen molar-refractivity contribution in [2.45, 2.75) is 39.0 Å². The van der Waals surface area contributed by atoms with Crippen LogP contribution < -0.4 is 10.2 Å². The summed E-state index contributed by atoms with van der Waals surface area (Å²) in [6.07, 6.45) is 6.47. The van der Waals surface area contributed by atoms with Crippen molar-refractivity contribution >= 4 is 34.8 Å². The van der Waals surface area contributed by atoms with Crippen LogP contribution in [-0.4, -0.2) is 38.6 Å². The Morgan fingerprint density at radius 1 is 1.28 bits per heavy atom. The van der Waals surface area contributed by atoms with Gasteiger partial charge in [0.05, 0.1) is 11.6 Å². The summed E-state index contributed by atoms with van der Waals surface area (Å²) in [6, 6.07) is 5.63. The number of aromatic nitrogens is 4. The lowest BCUT2D eigenvalue weighted by Crippen LogP contribution is -2.42. The SMILES string of the molecule is Cc1ccc(NC(=O)[C@@H]2CCCN(c3c4c(nc5ncnn35)CCC4)C2)cc1Cl. The summed E-state index contributed by atoms with van der Waals surface area (Å²) in [7, 11) is 0. The molecule has 0 unspecified atom stereocenters. The number of amides is 1. The lowest BCUT2D eigenvalue weighted by molar-refractivity contribution is -0.120. The number of benzene rings is 1. The molecule has 0 radical (unpaired) electrons. The number of carbonyl (C=O) groups excluding carboxylic acids is 1. The highest BCUT2D eigenvalue weighted by Gasteiger charge is 2.31. The van der Waals surface area contributed by atoms with Crippen LogP contribution in [0.5, 0.6) is 0 Å². The molecule has 1 aliphatic carbocycles. The number of rotatable bonds is 3. The van der Waals surface area contributed by atoms with Gasteiger partial charge in [-0.2, -0.15) is 14.6 Å². The van der Waals surface area contributed by atoms with Gasteiger partial charge in [0.1, 0.15) is 12.1 Å². The maximum Gasteiger partial charge on any atom is 0.254 e. The highest BCUT2D eigenvalue weighted by molar-refractivity contribution is 6.31. The molecule has 3 heterocycles. The zero-order valence-corrected chi connectivity index (χ0v) is 17.1. The highest BCUT2D eigenvalue weighted by Crippen LogP contribution is 2.33. The van der Waals surface area contributed by atoms with Gasteiger partial charge in [0, 0.05) is 29.4 Å². The highest BCUT2D eigenvalue weighted by atomic mass is 35.5. The smallest absolute Gasteiger partial charge is 0.254 e. The van der Waals surface area contributed by atoms with E-state index >= 15 is 0 Å². The summed E-state index contributed by atoms with van der Waals surface area (Å²) in [5.41, 5.74) is 4.12. The van der Waals surface area contributed by atoms with Gasteiger partial charge in [-0.05, 0) is 56.7 Å². The van der Waals surface area contributed by atoms with Gasteiger partial charge in [0.25, 0.3) is 5.78 Å². The van der Waals surface area contributed by atoms with E-state index in [1.807, 2.05) is 29.6 Å². The zero-order chi connectivity index (χ0) is 20.0. The van der Waals surface area contributed by atoms with E-state index in [1.54, 1.807) is 6.33 Å². The largest absolute Gasteiger partial charge is 0.355 e. The fourth-order valence-electron chi connectivity index (χ4n) is 4.42. The van der Waals surface area contributed by atoms with E-state index < -0.39 is 0 Å². The number of halogens is 1. The molecule has 1 aliphatic heterocycles. The van der Waals surface area contributed by atoms with Crippen LogP contribution in [0.2, 0.25) is 5.02 Å². The average Bonchev–Trinajstić information content (AvgIpc) is 3.38. The van der Waals surface area contributed by atoms with E-state index in [9.17, 15) is 4.79 Å². The normalized spacial score (nSPS) is 18.8. The minimum Gasteiger partial charge on any atom is -0.355 e. The first kappa shape index (κ1) is 18.4. The third kappa shape index (κ3) is 3.33. The molecule has 1 atom stereocenters. The maximum absolute atomic E-state index is 13.0. The van der Waals surface area contributed by atoms with Gasteiger partial charge in [0.2, 0.25) is 5.91 Å². The first-order valence-corrected chi connectivity index (χ1v) is 10.5. The Hall–Kier alpha value is -2.67. The van der Waals surface area contributed by atoms with E-state index in [4.69, 9.17) is 11.6 Å². The van der Waals surface area contributed by atoms with Gasteiger partial charge >= 0.3 is 0 Å². The van der Waals surface area contributed by atoms with E-state index in [0.29, 0.717) is 17.3 Å². The standard InChI is InChI=1S/C21H23ClN6O/c1-13-7-8-15(10-17(13)22)25-19(29)14-4-3-9-27(11-14)20-16-5-2-6-18(16)26-21-23-12-24-28(20)21/h7-8,10,12,14H,2-6,9,11H2,1H3,(H,25,29)/t14-/m1/s1. The summed E-state index contributed by atoms with van der Waals surface area (Å²) in [5.74, 6) is 1.65. The Balaban J connectivity index is 1.40. The minimum atomic E-state index is -0.0902. The van der Waals surface area contributed by atoms with Crippen LogP contribution in [0.4, 0.5) is 11.5 Å². The van der Waals surface area contributed by atoms with Gasteiger partial charge in [-0.25, -0.2) is 4.98 Å². The summed E-state index contributed by atoms with van der Waals surface area (Å²) in [5, 5.41) is 8.11. The first-order chi connectivity index (χ1) is 14.1. The summed E-state index contributed by atoms with van der Waals surface area (Å²) in [4.78, 5) is 24.2. The van der Waals surface area contributed by atoms with Crippen molar-refractivity contribution in [1.29, 1.82) is 0 Å². The summed E-state index contributed by atoms with van der Waals surface area (Å²) < 4.78 is 1.84. The number of nitrogens with zero attached hydrogens (tertiary/aromatic N) is 5. The lowest BCUT2D eigenvalue weighted by atomic mass is 9.96. The zero-order valence-electron chi connectivity index (χ0n) is 16.4. The number of anilines is 2. The predicted octanol–water partition coefficient (Wildman–Crippen LogP) is 3.43. The monoisotopic (exact) mass is 410 g/mol. The van der Waals surface area contributed by atoms with Crippen LogP contribution in [0.3, 0.4) is 0 Å². The maximum atomic E-state index is 13.0. The molecule has 0 bridgehead atoms. The third-order valence-electron chi connectivity index (χ3n) is 5.96. The van der Waals surface area contributed by atoms with Gasteiger partial charge in [-0.1, -0.05) is 17.7 Å². The van der Waals surface area contributed by atoms with Crippen molar-refractivity contribution in [3.8, 4) is 0 Å². The molecule has 3 aromatic rings. The van der Waals surface area contributed by atoms with E-state index in [2.05, 4.69) is 25.3 Å². The Morgan fingerprint density at radius 2 is 2.17 bits per heavy atom. The number of piperidine rings is 1. The Kier molecular flexibility index (Phi) is 4.62. The molecule has 29 heavy (non-hydrogen) atoms. The Morgan fingerprint density at radius 3 is 3.03 bits per heavy atom. The lowest BCUT2D eigenvalue weighted by Gasteiger charge is -2.34. The van der Waals surface area contributed by atoms with Crippen molar-refractivity contribution in [1.82, 2.24) is 19.6 Å². The van der Waals surface area contributed by atoms with Crippen molar-refractivity contribution in [3.05, 3.63) is 46.4 Å². The fraction of sp³-hybridized carbons (Fsp3) is 0.429. The number of fused-ring (bicyclic) bond motifs is 2. The van der Waals surface area contributed by atoms with Crippen LogP contribution in [0.15, 0.2) is 24.5 Å². The van der Waals surface area contributed by atoms with E-state index in [-0.39, 0.29) is 11.8 Å². The quantitative estimate of drug-likeness (QED) is 0.715. The molecule has 1 aromatic carbocycles. The Bertz CT molecular complexity index is 1090. The molecule has 7 nitrogen and oxygen atoms in total. The molecule has 1 fully saturated rings. The summed E-state index contributed by atoms with van der Waals surface area (Å²) in [6.45, 7) is 3.52. The molecule has 0 spiro atoms. The second-order valence-corrected chi connectivity index (χ2v) is 8.33. The van der Waals surface area contributed by atoms with Crippen molar-refractivity contribution in [3.63, 3.8) is 0 Å². The van der Waals surface area contributed by atoms with Gasteiger partial charge < -0.3 is 10.2 Å². The number of carbonyl (C=O) groups is 1. The molecule has 8 heteroatoms. The van der Waals surface area contributed by atoms with Crippen LogP contribution in [0.25, 0.3) is 5.78 Å². The topological polar surface area (TPSA) is 75.4 Å². The molecule has 150 valence electrons. The molecule has 1 amide bonds. The van der Waals surface area contributed by atoms with Gasteiger partial charge in [0.15, 0.2) is 0 Å². The number of nitrogens with one attached hydrogen (secondary N) is 1. The second kappa shape index (κ2) is 7.30. The molecule has 2 aromatic heterocycles.